The number of hydrogen-bond acceptors (Lipinski definition) is 5. The topological polar surface area (TPSA) is 67.4 Å². The SMILES string of the molecule is Cn1nnnc1Sc1cc(Cl)ccc1C#N. The van der Waals surface area contributed by atoms with E-state index < -0.39 is 0 Å². The van der Waals surface area contributed by atoms with Gasteiger partial charge in [-0.15, -0.1) is 5.10 Å². The molecule has 0 saturated heterocycles. The zero-order chi connectivity index (χ0) is 11.5. The maximum atomic E-state index is 8.94. The third-order valence-corrected chi connectivity index (χ3v) is 3.17. The highest BCUT2D eigenvalue weighted by molar-refractivity contribution is 7.99. The van der Waals surface area contributed by atoms with Crippen molar-refractivity contribution in [1.29, 1.82) is 5.26 Å². The van der Waals surface area contributed by atoms with Gasteiger partial charge in [0.05, 0.1) is 5.56 Å². The quantitative estimate of drug-likeness (QED) is 0.815. The molecule has 16 heavy (non-hydrogen) atoms. The summed E-state index contributed by atoms with van der Waals surface area (Å²) in [6.07, 6.45) is 0. The highest BCUT2D eigenvalue weighted by Crippen LogP contribution is 2.30. The van der Waals surface area contributed by atoms with Crippen molar-refractivity contribution in [3.05, 3.63) is 28.8 Å². The minimum absolute atomic E-state index is 0.553. The van der Waals surface area contributed by atoms with Gasteiger partial charge in [0.15, 0.2) is 0 Å². The first-order valence-corrected chi connectivity index (χ1v) is 5.50. The van der Waals surface area contributed by atoms with E-state index in [1.165, 1.54) is 16.4 Å². The summed E-state index contributed by atoms with van der Waals surface area (Å²) in [5.41, 5.74) is 0.553. The van der Waals surface area contributed by atoms with Crippen LogP contribution in [0.25, 0.3) is 0 Å². The number of tetrazole rings is 1. The molecule has 0 spiro atoms. The van der Waals surface area contributed by atoms with Crippen LogP contribution in [0.2, 0.25) is 5.02 Å². The maximum absolute atomic E-state index is 8.94. The molecule has 5 nitrogen and oxygen atoms in total. The van der Waals surface area contributed by atoms with Gasteiger partial charge in [-0.05, 0) is 40.4 Å². The molecule has 0 saturated carbocycles. The van der Waals surface area contributed by atoms with Crippen LogP contribution in [0.15, 0.2) is 28.3 Å². The lowest BCUT2D eigenvalue weighted by molar-refractivity contribution is 0.664. The van der Waals surface area contributed by atoms with Crippen LogP contribution in [0, 0.1) is 11.3 Å². The van der Waals surface area contributed by atoms with Crippen molar-refractivity contribution < 1.29 is 0 Å². The summed E-state index contributed by atoms with van der Waals surface area (Å²) in [7, 11) is 1.74. The van der Waals surface area contributed by atoms with E-state index in [1.54, 1.807) is 25.2 Å². The lowest BCUT2D eigenvalue weighted by Gasteiger charge is -2.02. The second kappa shape index (κ2) is 4.51. The Bertz CT molecular complexity index is 559. The molecular weight excluding hydrogens is 246 g/mol. The summed E-state index contributed by atoms with van der Waals surface area (Å²) in [5, 5.41) is 21.2. The van der Waals surface area contributed by atoms with Crippen LogP contribution in [-0.2, 0) is 7.05 Å². The van der Waals surface area contributed by atoms with E-state index in [0.29, 0.717) is 15.7 Å². The molecule has 1 aromatic heterocycles. The van der Waals surface area contributed by atoms with Crippen LogP contribution in [0.5, 0.6) is 0 Å². The molecule has 0 aliphatic rings. The van der Waals surface area contributed by atoms with Gasteiger partial charge in [0.2, 0.25) is 5.16 Å². The molecule has 2 aromatic rings. The van der Waals surface area contributed by atoms with Gasteiger partial charge >= 0.3 is 0 Å². The smallest absolute Gasteiger partial charge is 0.213 e. The van der Waals surface area contributed by atoms with Gasteiger partial charge in [-0.3, -0.25) is 0 Å². The molecule has 1 aromatic carbocycles. The van der Waals surface area contributed by atoms with Crippen molar-refractivity contribution in [3.8, 4) is 6.07 Å². The molecule has 0 atom stereocenters. The molecule has 0 fully saturated rings. The molecule has 0 N–H and O–H groups in total. The number of aromatic nitrogens is 4. The average molecular weight is 252 g/mol. The van der Waals surface area contributed by atoms with E-state index in [1.807, 2.05) is 0 Å². The zero-order valence-corrected chi connectivity index (χ0v) is 9.83. The number of aryl methyl sites for hydroxylation is 1. The fourth-order valence-corrected chi connectivity index (χ4v) is 2.17. The minimum Gasteiger partial charge on any atom is -0.223 e. The Morgan fingerprint density at radius 3 is 2.94 bits per heavy atom. The number of hydrogen-bond donors (Lipinski definition) is 0. The van der Waals surface area contributed by atoms with Gasteiger partial charge in [0.25, 0.3) is 0 Å². The van der Waals surface area contributed by atoms with E-state index >= 15 is 0 Å². The number of halogens is 1. The summed E-state index contributed by atoms with van der Waals surface area (Å²) in [4.78, 5) is 0.743. The van der Waals surface area contributed by atoms with E-state index in [0.717, 1.165) is 4.90 Å². The molecule has 7 heteroatoms. The van der Waals surface area contributed by atoms with Crippen molar-refractivity contribution in [2.75, 3.05) is 0 Å². The third kappa shape index (κ3) is 2.15. The zero-order valence-electron chi connectivity index (χ0n) is 8.25. The fourth-order valence-electron chi connectivity index (χ4n) is 1.08. The van der Waals surface area contributed by atoms with Crippen LogP contribution < -0.4 is 0 Å². The molecule has 0 amide bonds. The predicted octanol–water partition coefficient (Wildman–Crippen LogP) is 1.89. The van der Waals surface area contributed by atoms with Crippen molar-refractivity contribution in [2.45, 2.75) is 10.1 Å². The van der Waals surface area contributed by atoms with Crippen LogP contribution >= 0.6 is 23.4 Å². The lowest BCUT2D eigenvalue weighted by Crippen LogP contribution is -1.93. The van der Waals surface area contributed by atoms with Crippen LogP contribution in [0.1, 0.15) is 5.56 Å². The number of nitrogens with zero attached hydrogens (tertiary/aromatic N) is 5. The summed E-state index contributed by atoms with van der Waals surface area (Å²) in [6, 6.07) is 7.17. The second-order valence-corrected chi connectivity index (χ2v) is 4.38. The monoisotopic (exact) mass is 251 g/mol. The average Bonchev–Trinajstić information content (AvgIpc) is 2.65. The molecule has 0 aliphatic heterocycles. The van der Waals surface area contributed by atoms with Gasteiger partial charge in [-0.2, -0.15) is 5.26 Å². The van der Waals surface area contributed by atoms with Gasteiger partial charge in [0, 0.05) is 17.0 Å². The number of rotatable bonds is 2. The van der Waals surface area contributed by atoms with E-state index in [2.05, 4.69) is 21.6 Å². The summed E-state index contributed by atoms with van der Waals surface area (Å²) in [6.45, 7) is 0. The molecule has 1 heterocycles. The Morgan fingerprint density at radius 2 is 2.31 bits per heavy atom. The van der Waals surface area contributed by atoms with E-state index in [-0.39, 0.29) is 0 Å². The molecule has 0 radical (unpaired) electrons. The lowest BCUT2D eigenvalue weighted by atomic mass is 10.2. The van der Waals surface area contributed by atoms with Crippen molar-refractivity contribution in [3.63, 3.8) is 0 Å². The third-order valence-electron chi connectivity index (χ3n) is 1.85. The fraction of sp³-hybridized carbons (Fsp3) is 0.111. The normalized spacial score (nSPS) is 10.1. The van der Waals surface area contributed by atoms with Gasteiger partial charge in [-0.1, -0.05) is 11.6 Å². The Morgan fingerprint density at radius 1 is 1.50 bits per heavy atom. The Kier molecular flexibility index (Phi) is 3.08. The Balaban J connectivity index is 2.38. The first-order chi connectivity index (χ1) is 7.70. The molecule has 80 valence electrons. The second-order valence-electron chi connectivity index (χ2n) is 2.94. The van der Waals surface area contributed by atoms with Crippen LogP contribution in [0.4, 0.5) is 0 Å². The first kappa shape index (κ1) is 10.9. The molecule has 0 unspecified atom stereocenters. The van der Waals surface area contributed by atoms with Crippen molar-refractivity contribution >= 4 is 23.4 Å². The number of benzene rings is 1. The Labute approximate surface area is 101 Å². The first-order valence-electron chi connectivity index (χ1n) is 4.30. The number of nitriles is 1. The van der Waals surface area contributed by atoms with Gasteiger partial charge < -0.3 is 0 Å². The van der Waals surface area contributed by atoms with Crippen molar-refractivity contribution in [1.82, 2.24) is 20.2 Å². The highest BCUT2D eigenvalue weighted by atomic mass is 35.5. The van der Waals surface area contributed by atoms with Crippen molar-refractivity contribution in [2.24, 2.45) is 7.05 Å². The molecule has 0 bridgehead atoms. The largest absolute Gasteiger partial charge is 0.223 e. The standard InChI is InChI=1S/C9H6ClN5S/c1-15-9(12-13-14-15)16-8-4-7(10)3-2-6(8)5-11/h2-4H,1H3. The summed E-state index contributed by atoms with van der Waals surface area (Å²) in [5.74, 6) is 0. The Hall–Kier alpha value is -1.58. The minimum atomic E-state index is 0.553. The molecular formula is C9H6ClN5S. The van der Waals surface area contributed by atoms with Gasteiger partial charge in [-0.25, -0.2) is 4.68 Å². The van der Waals surface area contributed by atoms with E-state index in [9.17, 15) is 0 Å². The highest BCUT2D eigenvalue weighted by Gasteiger charge is 2.09. The van der Waals surface area contributed by atoms with Crippen LogP contribution in [0.3, 0.4) is 0 Å². The van der Waals surface area contributed by atoms with E-state index in [4.69, 9.17) is 16.9 Å². The molecule has 2 rings (SSSR count). The summed E-state index contributed by atoms with van der Waals surface area (Å²) >= 11 is 7.18. The summed E-state index contributed by atoms with van der Waals surface area (Å²) < 4.78 is 1.53. The van der Waals surface area contributed by atoms with Crippen LogP contribution in [-0.4, -0.2) is 20.2 Å². The molecule has 0 aliphatic carbocycles. The maximum Gasteiger partial charge on any atom is 0.213 e. The predicted molar refractivity (Wildman–Crippen MR) is 59.1 cm³/mol. The van der Waals surface area contributed by atoms with Gasteiger partial charge in [0.1, 0.15) is 6.07 Å².